The number of hydrogen-bond donors (Lipinski definition) is 1. The van der Waals surface area contributed by atoms with Gasteiger partial charge in [-0.05, 0) is 25.1 Å². The molecule has 1 aliphatic heterocycles. The Hall–Kier alpha value is -4.47. The average Bonchev–Trinajstić information content (AvgIpc) is 3.62. The fourth-order valence-electron chi connectivity index (χ4n) is 4.38. The molecule has 0 unspecified atom stereocenters. The first-order valence-corrected chi connectivity index (χ1v) is 10.8. The lowest BCUT2D eigenvalue weighted by molar-refractivity contribution is 0.0632. The standard InChI is InChI=1S/C24H20N6O4/c1-13-15-5-3-4-6-18(15)33-21(13)20-19-16(26-12-27-19)9-10-30(20)24(31)23-29-28-22(34-23)17-8-7-14(32-2)11-25-17/h3-8,11-12,20H,9-10H2,1-2H3,(H,26,27)/t20-/m0/s1. The molecule has 1 amide bonds. The molecular formula is C24H20N6O4. The number of H-pyrrole nitrogens is 1. The minimum Gasteiger partial charge on any atom is -0.495 e. The predicted molar refractivity (Wildman–Crippen MR) is 120 cm³/mol. The lowest BCUT2D eigenvalue weighted by Gasteiger charge is -2.33. The summed E-state index contributed by atoms with van der Waals surface area (Å²) in [5, 5.41) is 9.04. The Balaban J connectivity index is 1.39. The van der Waals surface area contributed by atoms with E-state index in [-0.39, 0.29) is 11.8 Å². The summed E-state index contributed by atoms with van der Waals surface area (Å²) in [6.07, 6.45) is 3.81. The third-order valence-corrected chi connectivity index (χ3v) is 6.11. The van der Waals surface area contributed by atoms with Crippen LogP contribution in [0.25, 0.3) is 22.6 Å². The van der Waals surface area contributed by atoms with Crippen molar-refractivity contribution >= 4 is 16.9 Å². The second-order valence-electron chi connectivity index (χ2n) is 8.00. The zero-order chi connectivity index (χ0) is 23.2. The van der Waals surface area contributed by atoms with Crippen molar-refractivity contribution in [2.75, 3.05) is 13.7 Å². The maximum absolute atomic E-state index is 13.6. The Kier molecular flexibility index (Phi) is 4.65. The van der Waals surface area contributed by atoms with Crippen molar-refractivity contribution in [3.8, 4) is 17.3 Å². The van der Waals surface area contributed by atoms with Crippen LogP contribution >= 0.6 is 0 Å². The van der Waals surface area contributed by atoms with Crippen molar-refractivity contribution in [3.05, 3.63) is 77.5 Å². The summed E-state index contributed by atoms with van der Waals surface area (Å²) < 4.78 is 17.1. The van der Waals surface area contributed by atoms with Crippen molar-refractivity contribution in [1.82, 2.24) is 30.0 Å². The monoisotopic (exact) mass is 456 g/mol. The number of para-hydroxylation sites is 1. The Bertz CT molecular complexity index is 1500. The molecule has 4 aromatic heterocycles. The number of aromatic amines is 1. The number of nitrogens with one attached hydrogen (secondary N) is 1. The SMILES string of the molecule is COc1ccc(-c2nnc(C(=O)N3CCc4[nH]cnc4[C@H]3c3oc4ccccc4c3C)o2)nc1. The van der Waals surface area contributed by atoms with E-state index in [1.54, 1.807) is 36.7 Å². The number of ether oxygens (including phenoxy) is 1. The molecule has 10 heteroatoms. The summed E-state index contributed by atoms with van der Waals surface area (Å²) in [6, 6.07) is 10.7. The molecule has 0 spiro atoms. The van der Waals surface area contributed by atoms with Crippen molar-refractivity contribution in [2.24, 2.45) is 0 Å². The number of benzene rings is 1. The third kappa shape index (κ3) is 3.14. The summed E-state index contributed by atoms with van der Waals surface area (Å²) in [5.41, 5.74) is 3.89. The maximum atomic E-state index is 13.6. The van der Waals surface area contributed by atoms with Gasteiger partial charge in [-0.2, -0.15) is 0 Å². The van der Waals surface area contributed by atoms with Crippen LogP contribution in [-0.4, -0.2) is 49.6 Å². The van der Waals surface area contributed by atoms with E-state index in [1.165, 1.54) is 0 Å². The number of hydrogen-bond acceptors (Lipinski definition) is 8. The van der Waals surface area contributed by atoms with E-state index in [4.69, 9.17) is 13.6 Å². The van der Waals surface area contributed by atoms with Crippen LogP contribution in [0.1, 0.15) is 39.4 Å². The van der Waals surface area contributed by atoms with Crippen LogP contribution in [0.15, 0.2) is 57.8 Å². The van der Waals surface area contributed by atoms with Gasteiger partial charge in [0.25, 0.3) is 5.89 Å². The molecule has 34 heavy (non-hydrogen) atoms. The van der Waals surface area contributed by atoms with E-state index in [1.807, 2.05) is 31.2 Å². The zero-order valence-electron chi connectivity index (χ0n) is 18.5. The molecule has 0 saturated carbocycles. The van der Waals surface area contributed by atoms with E-state index in [0.717, 1.165) is 27.9 Å². The number of methoxy groups -OCH3 is 1. The lowest BCUT2D eigenvalue weighted by Crippen LogP contribution is -2.41. The van der Waals surface area contributed by atoms with Gasteiger partial charge in [0.1, 0.15) is 28.8 Å². The molecule has 0 aliphatic carbocycles. The largest absolute Gasteiger partial charge is 0.495 e. The van der Waals surface area contributed by atoms with E-state index in [2.05, 4.69) is 25.1 Å². The van der Waals surface area contributed by atoms with Crippen LogP contribution in [0.2, 0.25) is 0 Å². The summed E-state index contributed by atoms with van der Waals surface area (Å²) in [4.78, 5) is 27.2. The van der Waals surface area contributed by atoms with E-state index < -0.39 is 11.9 Å². The molecule has 5 aromatic rings. The molecule has 1 aromatic carbocycles. The number of aromatic nitrogens is 5. The van der Waals surface area contributed by atoms with Gasteiger partial charge < -0.3 is 23.5 Å². The maximum Gasteiger partial charge on any atom is 0.312 e. The van der Waals surface area contributed by atoms with Gasteiger partial charge in [0.15, 0.2) is 0 Å². The number of furan rings is 1. The topological polar surface area (TPSA) is 123 Å². The van der Waals surface area contributed by atoms with Crippen molar-refractivity contribution in [2.45, 2.75) is 19.4 Å². The van der Waals surface area contributed by atoms with Crippen LogP contribution in [0, 0.1) is 6.92 Å². The summed E-state index contributed by atoms with van der Waals surface area (Å²) in [7, 11) is 1.56. The van der Waals surface area contributed by atoms with E-state index in [9.17, 15) is 4.79 Å². The van der Waals surface area contributed by atoms with E-state index >= 15 is 0 Å². The van der Waals surface area contributed by atoms with Gasteiger partial charge in [0.2, 0.25) is 0 Å². The van der Waals surface area contributed by atoms with Gasteiger partial charge in [-0.25, -0.2) is 9.97 Å². The van der Waals surface area contributed by atoms with Crippen LogP contribution in [-0.2, 0) is 6.42 Å². The van der Waals surface area contributed by atoms with Gasteiger partial charge in [-0.1, -0.05) is 18.2 Å². The Morgan fingerprint density at radius 1 is 1.15 bits per heavy atom. The summed E-state index contributed by atoms with van der Waals surface area (Å²) in [6.45, 7) is 2.43. The first kappa shape index (κ1) is 20.2. The number of pyridine rings is 1. The number of carbonyl (C=O) groups is 1. The first-order valence-electron chi connectivity index (χ1n) is 10.8. The van der Waals surface area contributed by atoms with Gasteiger partial charge in [0, 0.05) is 29.6 Å². The summed E-state index contributed by atoms with van der Waals surface area (Å²) in [5.74, 6) is 0.905. The van der Waals surface area contributed by atoms with Crippen LogP contribution in [0.3, 0.4) is 0 Å². The van der Waals surface area contributed by atoms with Crippen molar-refractivity contribution in [1.29, 1.82) is 0 Å². The molecule has 0 fully saturated rings. The molecule has 6 rings (SSSR count). The molecule has 170 valence electrons. The minimum absolute atomic E-state index is 0.120. The van der Waals surface area contributed by atoms with Crippen LogP contribution < -0.4 is 4.74 Å². The molecular weight excluding hydrogens is 436 g/mol. The van der Waals surface area contributed by atoms with Crippen LogP contribution in [0.4, 0.5) is 0 Å². The molecule has 1 atom stereocenters. The number of amides is 1. The molecule has 0 radical (unpaired) electrons. The number of carbonyl (C=O) groups excluding carboxylic acids is 1. The molecule has 1 aliphatic rings. The molecule has 0 bridgehead atoms. The highest BCUT2D eigenvalue weighted by Crippen LogP contribution is 2.39. The zero-order valence-corrected chi connectivity index (χ0v) is 18.5. The average molecular weight is 456 g/mol. The second-order valence-corrected chi connectivity index (χ2v) is 8.00. The van der Waals surface area contributed by atoms with Gasteiger partial charge in [-0.15, -0.1) is 10.2 Å². The predicted octanol–water partition coefficient (Wildman–Crippen LogP) is 3.71. The highest BCUT2D eigenvalue weighted by atomic mass is 16.5. The van der Waals surface area contributed by atoms with Crippen molar-refractivity contribution in [3.63, 3.8) is 0 Å². The normalized spacial score (nSPS) is 15.5. The molecule has 0 saturated heterocycles. The first-order chi connectivity index (χ1) is 16.6. The Labute approximate surface area is 193 Å². The number of imidazole rings is 1. The third-order valence-electron chi connectivity index (χ3n) is 6.11. The second kappa shape index (κ2) is 7.84. The fourth-order valence-corrected chi connectivity index (χ4v) is 4.38. The Morgan fingerprint density at radius 2 is 2.03 bits per heavy atom. The van der Waals surface area contributed by atoms with Gasteiger partial charge >= 0.3 is 11.8 Å². The number of rotatable bonds is 4. The quantitative estimate of drug-likeness (QED) is 0.434. The number of aryl methyl sites for hydroxylation is 1. The van der Waals surface area contributed by atoms with Crippen LogP contribution in [0.5, 0.6) is 5.75 Å². The lowest BCUT2D eigenvalue weighted by atomic mass is 9.97. The summed E-state index contributed by atoms with van der Waals surface area (Å²) >= 11 is 0. The smallest absolute Gasteiger partial charge is 0.312 e. The molecule has 1 N–H and O–H groups in total. The van der Waals surface area contributed by atoms with Gasteiger partial charge in [-0.3, -0.25) is 4.79 Å². The Morgan fingerprint density at radius 3 is 2.82 bits per heavy atom. The molecule has 5 heterocycles. The van der Waals surface area contributed by atoms with Gasteiger partial charge in [0.05, 0.1) is 25.3 Å². The number of fused-ring (bicyclic) bond motifs is 2. The highest BCUT2D eigenvalue weighted by molar-refractivity contribution is 5.91. The highest BCUT2D eigenvalue weighted by Gasteiger charge is 2.39. The van der Waals surface area contributed by atoms with Crippen molar-refractivity contribution < 1.29 is 18.4 Å². The fraction of sp³-hybridized carbons (Fsp3) is 0.208. The molecule has 10 nitrogen and oxygen atoms in total. The minimum atomic E-state index is -0.524. The number of nitrogens with zero attached hydrogens (tertiary/aromatic N) is 5. The van der Waals surface area contributed by atoms with E-state index in [0.29, 0.717) is 30.2 Å².